The maximum absolute atomic E-state index is 6.34. The smallest absolute Gasteiger partial charge is 0.0162 e. The van der Waals surface area contributed by atoms with Crippen LogP contribution in [0.4, 0.5) is 0 Å². The average Bonchev–Trinajstić information content (AvgIpc) is 2.37. The first-order chi connectivity index (χ1) is 8.25. The third-order valence-corrected chi connectivity index (χ3v) is 4.93. The van der Waals surface area contributed by atoms with Gasteiger partial charge in [0, 0.05) is 16.7 Å². The molecule has 2 N–H and O–H groups in total. The number of hydrogen-bond donors (Lipinski definition) is 1. The summed E-state index contributed by atoms with van der Waals surface area (Å²) in [4.78, 5) is 1.34. The SMILES string of the molecule is CC1CCCC(C(N)CSc2ccccc2)C1. The molecule has 0 amide bonds. The molecule has 1 aromatic carbocycles. The second kappa shape index (κ2) is 6.46. The third kappa shape index (κ3) is 4.04. The topological polar surface area (TPSA) is 26.0 Å². The van der Waals surface area contributed by atoms with Crippen molar-refractivity contribution < 1.29 is 0 Å². The summed E-state index contributed by atoms with van der Waals surface area (Å²) in [6.07, 6.45) is 5.43. The van der Waals surface area contributed by atoms with Gasteiger partial charge in [-0.05, 0) is 36.8 Å². The molecule has 1 aliphatic carbocycles. The minimum Gasteiger partial charge on any atom is -0.327 e. The monoisotopic (exact) mass is 249 g/mol. The van der Waals surface area contributed by atoms with Gasteiger partial charge in [-0.2, -0.15) is 0 Å². The Hall–Kier alpha value is -0.470. The standard InChI is InChI=1S/C15H23NS/c1-12-6-5-7-13(10-12)15(16)11-17-14-8-3-2-4-9-14/h2-4,8-9,12-13,15H,5-7,10-11,16H2,1H3. The first kappa shape index (κ1) is 13.0. The molecule has 0 aliphatic heterocycles. The van der Waals surface area contributed by atoms with Crippen LogP contribution in [0.3, 0.4) is 0 Å². The molecule has 0 saturated heterocycles. The number of benzene rings is 1. The molecule has 94 valence electrons. The molecule has 2 heteroatoms. The fourth-order valence-electron chi connectivity index (χ4n) is 2.72. The van der Waals surface area contributed by atoms with E-state index in [2.05, 4.69) is 37.3 Å². The Bertz CT molecular complexity index is 325. The number of thioether (sulfide) groups is 1. The molecular weight excluding hydrogens is 226 g/mol. The Kier molecular flexibility index (Phi) is 4.93. The van der Waals surface area contributed by atoms with Gasteiger partial charge in [0.1, 0.15) is 0 Å². The van der Waals surface area contributed by atoms with Crippen molar-refractivity contribution in [3.63, 3.8) is 0 Å². The third-order valence-electron chi connectivity index (χ3n) is 3.77. The summed E-state index contributed by atoms with van der Waals surface area (Å²) in [5.41, 5.74) is 6.34. The molecule has 0 spiro atoms. The van der Waals surface area contributed by atoms with Crippen LogP contribution in [0.2, 0.25) is 0 Å². The van der Waals surface area contributed by atoms with Crippen molar-refractivity contribution in [3.8, 4) is 0 Å². The van der Waals surface area contributed by atoms with Crippen LogP contribution < -0.4 is 5.73 Å². The van der Waals surface area contributed by atoms with Crippen LogP contribution >= 0.6 is 11.8 Å². The quantitative estimate of drug-likeness (QED) is 0.818. The first-order valence-corrected chi connectivity index (χ1v) is 7.67. The molecule has 0 radical (unpaired) electrons. The van der Waals surface area contributed by atoms with Crippen molar-refractivity contribution in [2.45, 2.75) is 43.5 Å². The number of nitrogens with two attached hydrogens (primary N) is 1. The lowest BCUT2D eigenvalue weighted by Crippen LogP contribution is -2.35. The van der Waals surface area contributed by atoms with Gasteiger partial charge in [0.2, 0.25) is 0 Å². The van der Waals surface area contributed by atoms with Gasteiger partial charge in [0.05, 0.1) is 0 Å². The maximum atomic E-state index is 6.34. The highest BCUT2D eigenvalue weighted by molar-refractivity contribution is 7.99. The molecule has 1 nitrogen and oxygen atoms in total. The van der Waals surface area contributed by atoms with Gasteiger partial charge in [-0.3, -0.25) is 0 Å². The van der Waals surface area contributed by atoms with Gasteiger partial charge >= 0.3 is 0 Å². The van der Waals surface area contributed by atoms with E-state index in [1.54, 1.807) is 0 Å². The summed E-state index contributed by atoms with van der Waals surface area (Å²) in [5.74, 6) is 2.68. The second-order valence-electron chi connectivity index (χ2n) is 5.32. The summed E-state index contributed by atoms with van der Waals surface area (Å²) < 4.78 is 0. The Balaban J connectivity index is 1.79. The molecule has 0 bridgehead atoms. The van der Waals surface area contributed by atoms with Gasteiger partial charge in [-0.15, -0.1) is 11.8 Å². The maximum Gasteiger partial charge on any atom is 0.0162 e. The van der Waals surface area contributed by atoms with E-state index in [4.69, 9.17) is 5.73 Å². The molecule has 1 aromatic rings. The summed E-state index contributed by atoms with van der Waals surface area (Å²) in [6.45, 7) is 2.36. The van der Waals surface area contributed by atoms with E-state index in [1.165, 1.54) is 30.6 Å². The predicted octanol–water partition coefficient (Wildman–Crippen LogP) is 3.93. The van der Waals surface area contributed by atoms with E-state index >= 15 is 0 Å². The minimum absolute atomic E-state index is 0.364. The van der Waals surface area contributed by atoms with Crippen molar-refractivity contribution in [1.29, 1.82) is 0 Å². The largest absolute Gasteiger partial charge is 0.327 e. The minimum atomic E-state index is 0.364. The van der Waals surface area contributed by atoms with Crippen LogP contribution in [-0.2, 0) is 0 Å². The van der Waals surface area contributed by atoms with Crippen molar-refractivity contribution >= 4 is 11.8 Å². The fraction of sp³-hybridized carbons (Fsp3) is 0.600. The summed E-state index contributed by atoms with van der Waals surface area (Å²) in [5, 5.41) is 0. The zero-order chi connectivity index (χ0) is 12.1. The van der Waals surface area contributed by atoms with E-state index in [0.29, 0.717) is 6.04 Å². The highest BCUT2D eigenvalue weighted by Crippen LogP contribution is 2.32. The molecular formula is C15H23NS. The highest BCUT2D eigenvalue weighted by atomic mass is 32.2. The lowest BCUT2D eigenvalue weighted by atomic mass is 9.79. The van der Waals surface area contributed by atoms with Gasteiger partial charge in [0.25, 0.3) is 0 Å². The second-order valence-corrected chi connectivity index (χ2v) is 6.41. The number of rotatable bonds is 4. The van der Waals surface area contributed by atoms with E-state index in [-0.39, 0.29) is 0 Å². The van der Waals surface area contributed by atoms with Crippen LogP contribution in [0.15, 0.2) is 35.2 Å². The van der Waals surface area contributed by atoms with Gasteiger partial charge in [-0.25, -0.2) is 0 Å². The Morgan fingerprint density at radius 1 is 1.29 bits per heavy atom. The van der Waals surface area contributed by atoms with Crippen molar-refractivity contribution in [1.82, 2.24) is 0 Å². The van der Waals surface area contributed by atoms with Crippen molar-refractivity contribution in [3.05, 3.63) is 30.3 Å². The van der Waals surface area contributed by atoms with Crippen LogP contribution in [0, 0.1) is 11.8 Å². The molecule has 0 heterocycles. The average molecular weight is 249 g/mol. The van der Waals surface area contributed by atoms with E-state index in [0.717, 1.165) is 17.6 Å². The molecule has 17 heavy (non-hydrogen) atoms. The fourth-order valence-corrected chi connectivity index (χ4v) is 3.72. The molecule has 1 fully saturated rings. The zero-order valence-electron chi connectivity index (χ0n) is 10.6. The van der Waals surface area contributed by atoms with Gasteiger partial charge < -0.3 is 5.73 Å². The van der Waals surface area contributed by atoms with Crippen LogP contribution in [0.1, 0.15) is 32.6 Å². The van der Waals surface area contributed by atoms with Crippen molar-refractivity contribution in [2.75, 3.05) is 5.75 Å². The van der Waals surface area contributed by atoms with Crippen LogP contribution in [0.5, 0.6) is 0 Å². The Morgan fingerprint density at radius 2 is 2.06 bits per heavy atom. The summed E-state index contributed by atoms with van der Waals surface area (Å²) in [6, 6.07) is 10.9. The number of hydrogen-bond acceptors (Lipinski definition) is 2. The van der Waals surface area contributed by atoms with E-state index < -0.39 is 0 Å². The van der Waals surface area contributed by atoms with Gasteiger partial charge in [-0.1, -0.05) is 38.0 Å². The Labute approximate surface area is 109 Å². The summed E-state index contributed by atoms with van der Waals surface area (Å²) in [7, 11) is 0. The molecule has 0 aromatic heterocycles. The summed E-state index contributed by atoms with van der Waals surface area (Å²) >= 11 is 1.90. The molecule has 3 atom stereocenters. The zero-order valence-corrected chi connectivity index (χ0v) is 11.5. The first-order valence-electron chi connectivity index (χ1n) is 6.69. The van der Waals surface area contributed by atoms with Crippen molar-refractivity contribution in [2.24, 2.45) is 17.6 Å². The normalized spacial score (nSPS) is 26.7. The highest BCUT2D eigenvalue weighted by Gasteiger charge is 2.24. The van der Waals surface area contributed by atoms with Crippen LogP contribution in [0.25, 0.3) is 0 Å². The lowest BCUT2D eigenvalue weighted by molar-refractivity contribution is 0.256. The van der Waals surface area contributed by atoms with E-state index in [1.807, 2.05) is 11.8 Å². The van der Waals surface area contributed by atoms with E-state index in [9.17, 15) is 0 Å². The Morgan fingerprint density at radius 3 is 2.76 bits per heavy atom. The van der Waals surface area contributed by atoms with Gasteiger partial charge in [0.15, 0.2) is 0 Å². The molecule has 1 aliphatic rings. The predicted molar refractivity (Wildman–Crippen MR) is 76.3 cm³/mol. The van der Waals surface area contributed by atoms with Crippen LogP contribution in [-0.4, -0.2) is 11.8 Å². The molecule has 1 saturated carbocycles. The lowest BCUT2D eigenvalue weighted by Gasteiger charge is -2.31. The molecule has 2 rings (SSSR count). The molecule has 3 unspecified atom stereocenters.